The van der Waals surface area contributed by atoms with Crippen molar-refractivity contribution in [1.29, 1.82) is 0 Å². The van der Waals surface area contributed by atoms with E-state index in [9.17, 15) is 8.42 Å². The summed E-state index contributed by atoms with van der Waals surface area (Å²) >= 11 is 0. The van der Waals surface area contributed by atoms with Gasteiger partial charge in [-0.05, 0) is 68.5 Å². The second-order valence-corrected chi connectivity index (χ2v) is 8.02. The summed E-state index contributed by atoms with van der Waals surface area (Å²) in [5.41, 5.74) is 0.197. The molecule has 1 spiro atoms. The zero-order valence-electron chi connectivity index (χ0n) is 13.0. The molecule has 0 bridgehead atoms. The van der Waals surface area contributed by atoms with Crippen LogP contribution in [0.5, 0.6) is 5.75 Å². The monoisotopic (exact) mass is 324 g/mol. The van der Waals surface area contributed by atoms with Crippen molar-refractivity contribution in [3.63, 3.8) is 0 Å². The number of hydrogen-bond acceptors (Lipinski definition) is 4. The minimum atomic E-state index is -3.44. The van der Waals surface area contributed by atoms with Gasteiger partial charge in [0, 0.05) is 6.04 Å². The third-order valence-corrected chi connectivity index (χ3v) is 6.18. The summed E-state index contributed by atoms with van der Waals surface area (Å²) < 4.78 is 33.3. The Kier molecular flexibility index (Phi) is 4.43. The molecule has 22 heavy (non-hydrogen) atoms. The first-order chi connectivity index (χ1) is 10.6. The van der Waals surface area contributed by atoms with Gasteiger partial charge in [-0.3, -0.25) is 0 Å². The van der Waals surface area contributed by atoms with Gasteiger partial charge in [-0.2, -0.15) is 0 Å². The Labute approximate surface area is 132 Å². The Morgan fingerprint density at radius 1 is 1.27 bits per heavy atom. The molecule has 2 fully saturated rings. The van der Waals surface area contributed by atoms with Crippen LogP contribution in [-0.2, 0) is 10.0 Å². The maximum Gasteiger partial charge on any atom is 0.240 e. The van der Waals surface area contributed by atoms with E-state index in [1.165, 1.54) is 0 Å². The average Bonchev–Trinajstić information content (AvgIpc) is 3.16. The SMILES string of the molecule is CCCOc1ccc(S(=O)(=O)NC2CC23CCNCC3)cc1. The van der Waals surface area contributed by atoms with E-state index in [0.717, 1.165) is 38.8 Å². The molecule has 1 heterocycles. The highest BCUT2D eigenvalue weighted by Crippen LogP contribution is 2.53. The molecule has 122 valence electrons. The maximum atomic E-state index is 12.5. The maximum absolute atomic E-state index is 12.5. The molecule has 1 aromatic rings. The van der Waals surface area contributed by atoms with Crippen molar-refractivity contribution in [3.8, 4) is 5.75 Å². The second-order valence-electron chi connectivity index (χ2n) is 6.31. The third-order valence-electron chi connectivity index (χ3n) is 4.69. The van der Waals surface area contributed by atoms with Crippen LogP contribution < -0.4 is 14.8 Å². The van der Waals surface area contributed by atoms with E-state index >= 15 is 0 Å². The summed E-state index contributed by atoms with van der Waals surface area (Å²) in [6.07, 6.45) is 4.01. The number of nitrogens with one attached hydrogen (secondary N) is 2. The van der Waals surface area contributed by atoms with Gasteiger partial charge in [0.05, 0.1) is 11.5 Å². The summed E-state index contributed by atoms with van der Waals surface area (Å²) in [5.74, 6) is 0.710. The molecule has 1 aliphatic heterocycles. The Bertz CT molecular complexity index is 607. The fourth-order valence-electron chi connectivity index (χ4n) is 3.18. The molecule has 1 aliphatic carbocycles. The van der Waals surface area contributed by atoms with Gasteiger partial charge in [-0.15, -0.1) is 0 Å². The molecule has 1 saturated carbocycles. The van der Waals surface area contributed by atoms with Gasteiger partial charge < -0.3 is 10.1 Å². The highest BCUT2D eigenvalue weighted by molar-refractivity contribution is 7.89. The van der Waals surface area contributed by atoms with Crippen molar-refractivity contribution >= 4 is 10.0 Å². The fraction of sp³-hybridized carbons (Fsp3) is 0.625. The normalized spacial score (nSPS) is 23.4. The van der Waals surface area contributed by atoms with E-state index in [0.29, 0.717) is 17.3 Å². The molecule has 1 saturated heterocycles. The van der Waals surface area contributed by atoms with Gasteiger partial charge in [0.15, 0.2) is 0 Å². The van der Waals surface area contributed by atoms with Crippen molar-refractivity contribution in [2.75, 3.05) is 19.7 Å². The van der Waals surface area contributed by atoms with Crippen molar-refractivity contribution in [2.24, 2.45) is 5.41 Å². The molecule has 0 radical (unpaired) electrons. The van der Waals surface area contributed by atoms with E-state index in [4.69, 9.17) is 4.74 Å². The van der Waals surface area contributed by atoms with E-state index in [1.807, 2.05) is 6.92 Å². The summed E-state index contributed by atoms with van der Waals surface area (Å²) in [7, 11) is -3.44. The number of piperidine rings is 1. The first-order valence-corrected chi connectivity index (χ1v) is 9.50. The van der Waals surface area contributed by atoms with Crippen molar-refractivity contribution < 1.29 is 13.2 Å². The molecular weight excluding hydrogens is 300 g/mol. The van der Waals surface area contributed by atoms with Crippen LogP contribution in [0.1, 0.15) is 32.6 Å². The lowest BCUT2D eigenvalue weighted by molar-refractivity contribution is 0.317. The number of rotatable bonds is 6. The van der Waals surface area contributed by atoms with Gasteiger partial charge in [0.1, 0.15) is 5.75 Å². The molecule has 0 amide bonds. The van der Waals surface area contributed by atoms with Gasteiger partial charge in [-0.1, -0.05) is 6.92 Å². The standard InChI is InChI=1S/C16H24N2O3S/c1-2-11-21-13-3-5-14(6-4-13)22(19,20)18-15-12-16(15)7-9-17-10-8-16/h3-6,15,17-18H,2,7-12H2,1H3. The second kappa shape index (κ2) is 6.18. The minimum absolute atomic E-state index is 0.0932. The lowest BCUT2D eigenvalue weighted by atomic mass is 9.94. The molecule has 1 atom stereocenters. The van der Waals surface area contributed by atoms with Crippen molar-refractivity contribution in [2.45, 2.75) is 43.5 Å². The number of sulfonamides is 1. The van der Waals surface area contributed by atoms with Crippen molar-refractivity contribution in [1.82, 2.24) is 10.0 Å². The van der Waals surface area contributed by atoms with E-state index in [-0.39, 0.29) is 11.5 Å². The zero-order chi connectivity index (χ0) is 15.6. The van der Waals surface area contributed by atoms with Crippen LogP contribution in [0.2, 0.25) is 0 Å². The molecule has 1 aromatic carbocycles. The van der Waals surface area contributed by atoms with Gasteiger partial charge in [-0.25, -0.2) is 13.1 Å². The van der Waals surface area contributed by atoms with Crippen LogP contribution in [0.15, 0.2) is 29.2 Å². The zero-order valence-corrected chi connectivity index (χ0v) is 13.8. The largest absolute Gasteiger partial charge is 0.494 e. The highest BCUT2D eigenvalue weighted by Gasteiger charge is 2.55. The van der Waals surface area contributed by atoms with Gasteiger partial charge in [0.25, 0.3) is 0 Å². The molecule has 5 nitrogen and oxygen atoms in total. The summed E-state index contributed by atoms with van der Waals surface area (Å²) in [4.78, 5) is 0.312. The fourth-order valence-corrected chi connectivity index (χ4v) is 4.52. The third kappa shape index (κ3) is 3.29. The Balaban J connectivity index is 1.63. The van der Waals surface area contributed by atoms with Gasteiger partial charge in [0.2, 0.25) is 10.0 Å². The molecule has 2 aliphatic rings. The highest BCUT2D eigenvalue weighted by atomic mass is 32.2. The van der Waals surface area contributed by atoms with Crippen LogP contribution in [0, 0.1) is 5.41 Å². The lowest BCUT2D eigenvalue weighted by Gasteiger charge is -2.23. The Morgan fingerprint density at radius 3 is 2.59 bits per heavy atom. The lowest BCUT2D eigenvalue weighted by Crippen LogP contribution is -2.36. The van der Waals surface area contributed by atoms with E-state index in [2.05, 4.69) is 10.0 Å². The van der Waals surface area contributed by atoms with Crippen LogP contribution in [0.3, 0.4) is 0 Å². The Hall–Kier alpha value is -1.11. The first-order valence-electron chi connectivity index (χ1n) is 8.02. The molecular formula is C16H24N2O3S. The van der Waals surface area contributed by atoms with Crippen LogP contribution in [-0.4, -0.2) is 34.2 Å². The predicted molar refractivity (Wildman–Crippen MR) is 85.5 cm³/mol. The van der Waals surface area contributed by atoms with E-state index in [1.54, 1.807) is 24.3 Å². The van der Waals surface area contributed by atoms with Crippen LogP contribution in [0.4, 0.5) is 0 Å². The van der Waals surface area contributed by atoms with Gasteiger partial charge >= 0.3 is 0 Å². The molecule has 0 aromatic heterocycles. The Morgan fingerprint density at radius 2 is 1.95 bits per heavy atom. The molecule has 3 rings (SSSR count). The number of benzene rings is 1. The number of hydrogen-bond donors (Lipinski definition) is 2. The van der Waals surface area contributed by atoms with Crippen LogP contribution in [0.25, 0.3) is 0 Å². The number of ether oxygens (including phenoxy) is 1. The smallest absolute Gasteiger partial charge is 0.240 e. The average molecular weight is 324 g/mol. The first kappa shape index (κ1) is 15.8. The summed E-state index contributed by atoms with van der Waals surface area (Å²) in [5, 5.41) is 3.33. The minimum Gasteiger partial charge on any atom is -0.494 e. The quantitative estimate of drug-likeness (QED) is 0.839. The molecule has 1 unspecified atom stereocenters. The van der Waals surface area contributed by atoms with E-state index < -0.39 is 10.0 Å². The van der Waals surface area contributed by atoms with Crippen molar-refractivity contribution in [3.05, 3.63) is 24.3 Å². The summed E-state index contributed by atoms with van der Waals surface area (Å²) in [6, 6.07) is 6.76. The molecule has 2 N–H and O–H groups in total. The van der Waals surface area contributed by atoms with Crippen LogP contribution >= 0.6 is 0 Å². The summed E-state index contributed by atoms with van der Waals surface area (Å²) in [6.45, 7) is 4.65. The molecule has 6 heteroatoms. The topological polar surface area (TPSA) is 67.4 Å². The predicted octanol–water partition coefficient (Wildman–Crippen LogP) is 1.90.